The van der Waals surface area contributed by atoms with Crippen molar-refractivity contribution in [1.29, 1.82) is 0 Å². The molecule has 0 spiro atoms. The number of nitrogens with zero attached hydrogens (tertiary/aromatic N) is 1. The van der Waals surface area contributed by atoms with Crippen LogP contribution in [0.4, 0.5) is 5.69 Å². The van der Waals surface area contributed by atoms with Gasteiger partial charge < -0.3 is 10.8 Å². The number of benzene rings is 1. The Labute approximate surface area is 115 Å². The van der Waals surface area contributed by atoms with E-state index in [0.29, 0.717) is 24.2 Å². The van der Waals surface area contributed by atoms with Crippen molar-refractivity contribution in [2.45, 2.75) is 32.1 Å². The Hall–Kier alpha value is -1.11. The zero-order chi connectivity index (χ0) is 14.5. The molecule has 6 heteroatoms. The van der Waals surface area contributed by atoms with Crippen molar-refractivity contribution < 1.29 is 13.5 Å². The number of hydrogen-bond donors (Lipinski definition) is 2. The van der Waals surface area contributed by atoms with E-state index in [1.807, 2.05) is 13.8 Å². The predicted octanol–water partition coefficient (Wildman–Crippen LogP) is 1.19. The van der Waals surface area contributed by atoms with Gasteiger partial charge in [-0.2, -0.15) is 4.31 Å². The van der Waals surface area contributed by atoms with Gasteiger partial charge in [0.1, 0.15) is 0 Å². The van der Waals surface area contributed by atoms with Gasteiger partial charge in [-0.15, -0.1) is 0 Å². The number of sulfonamides is 1. The quantitative estimate of drug-likeness (QED) is 0.738. The number of aliphatic hydroxyl groups excluding tert-OH is 1. The van der Waals surface area contributed by atoms with Gasteiger partial charge in [-0.25, -0.2) is 8.42 Å². The molecule has 0 radical (unpaired) electrons. The second-order valence-corrected chi connectivity index (χ2v) is 6.66. The average molecular weight is 286 g/mol. The molecule has 0 atom stereocenters. The summed E-state index contributed by atoms with van der Waals surface area (Å²) in [4.78, 5) is 0. The van der Waals surface area contributed by atoms with E-state index in [0.717, 1.165) is 0 Å². The molecule has 0 saturated heterocycles. The number of nitrogens with two attached hydrogens (primary N) is 1. The smallest absolute Gasteiger partial charge is 0.218 e. The van der Waals surface area contributed by atoms with E-state index in [1.54, 1.807) is 24.3 Å². The van der Waals surface area contributed by atoms with Crippen molar-refractivity contribution in [3.63, 3.8) is 0 Å². The van der Waals surface area contributed by atoms with Crippen LogP contribution in [0.5, 0.6) is 0 Å². The fourth-order valence-corrected chi connectivity index (χ4v) is 3.76. The van der Waals surface area contributed by atoms with Crippen LogP contribution in [-0.2, 0) is 15.8 Å². The van der Waals surface area contributed by atoms with Gasteiger partial charge in [0.2, 0.25) is 10.0 Å². The maximum absolute atomic E-state index is 12.4. The molecular formula is C13H22N2O3S. The topological polar surface area (TPSA) is 83.6 Å². The van der Waals surface area contributed by atoms with E-state index < -0.39 is 10.0 Å². The van der Waals surface area contributed by atoms with Gasteiger partial charge in [0.05, 0.1) is 5.75 Å². The van der Waals surface area contributed by atoms with Crippen LogP contribution in [0.25, 0.3) is 0 Å². The van der Waals surface area contributed by atoms with E-state index in [2.05, 4.69) is 0 Å². The lowest BCUT2D eigenvalue weighted by Gasteiger charge is -2.26. The maximum Gasteiger partial charge on any atom is 0.218 e. The van der Waals surface area contributed by atoms with Gasteiger partial charge in [-0.05, 0) is 31.9 Å². The lowest BCUT2D eigenvalue weighted by molar-refractivity contribution is 0.258. The van der Waals surface area contributed by atoms with E-state index in [4.69, 9.17) is 10.8 Å². The minimum atomic E-state index is -3.43. The van der Waals surface area contributed by atoms with Crippen LogP contribution in [0.15, 0.2) is 24.3 Å². The number of aliphatic hydroxyl groups is 1. The molecule has 1 rings (SSSR count). The highest BCUT2D eigenvalue weighted by atomic mass is 32.2. The first-order valence-electron chi connectivity index (χ1n) is 6.32. The Morgan fingerprint density at radius 2 is 1.95 bits per heavy atom. The Bertz CT molecular complexity index is 500. The molecule has 0 amide bonds. The molecule has 19 heavy (non-hydrogen) atoms. The maximum atomic E-state index is 12.4. The molecule has 0 unspecified atom stereocenters. The molecule has 5 nitrogen and oxygen atoms in total. The van der Waals surface area contributed by atoms with Crippen LogP contribution in [0, 0.1) is 0 Å². The Morgan fingerprint density at radius 3 is 2.47 bits per heavy atom. The normalized spacial score (nSPS) is 12.3. The molecule has 108 valence electrons. The molecule has 3 N–H and O–H groups in total. The molecule has 0 saturated carbocycles. The molecule has 0 aliphatic heterocycles. The largest absolute Gasteiger partial charge is 0.398 e. The molecule has 1 aromatic carbocycles. The first-order chi connectivity index (χ1) is 8.88. The Balaban J connectivity index is 2.92. The number of para-hydroxylation sites is 1. The molecule has 0 aromatic heterocycles. The predicted molar refractivity (Wildman–Crippen MR) is 77.0 cm³/mol. The van der Waals surface area contributed by atoms with Crippen LogP contribution in [-0.4, -0.2) is 37.0 Å². The lowest BCUT2D eigenvalue weighted by atomic mass is 10.2. The van der Waals surface area contributed by atoms with Gasteiger partial charge in [0.15, 0.2) is 0 Å². The van der Waals surface area contributed by atoms with E-state index in [9.17, 15) is 8.42 Å². The van der Waals surface area contributed by atoms with Crippen molar-refractivity contribution in [3.05, 3.63) is 29.8 Å². The second-order valence-electron chi connectivity index (χ2n) is 4.74. The fourth-order valence-electron chi connectivity index (χ4n) is 1.89. The highest BCUT2D eigenvalue weighted by Gasteiger charge is 2.25. The zero-order valence-electron chi connectivity index (χ0n) is 11.4. The molecule has 1 aromatic rings. The lowest BCUT2D eigenvalue weighted by Crippen LogP contribution is -2.38. The monoisotopic (exact) mass is 286 g/mol. The van der Waals surface area contributed by atoms with Gasteiger partial charge in [0.25, 0.3) is 0 Å². The van der Waals surface area contributed by atoms with Crippen molar-refractivity contribution in [3.8, 4) is 0 Å². The standard InChI is InChI=1S/C13H22N2O3S/c1-11(2)15(8-5-9-16)19(17,18)10-12-6-3-4-7-13(12)14/h3-4,6-7,11,16H,5,8-10,14H2,1-2H3. The third kappa shape index (κ3) is 4.49. The number of anilines is 1. The molecule has 0 heterocycles. The third-order valence-corrected chi connectivity index (χ3v) is 4.86. The van der Waals surface area contributed by atoms with Crippen LogP contribution in [0.3, 0.4) is 0 Å². The minimum Gasteiger partial charge on any atom is -0.398 e. The highest BCUT2D eigenvalue weighted by Crippen LogP contribution is 2.18. The summed E-state index contributed by atoms with van der Waals surface area (Å²) in [7, 11) is -3.43. The van der Waals surface area contributed by atoms with E-state index >= 15 is 0 Å². The summed E-state index contributed by atoms with van der Waals surface area (Å²) in [5, 5.41) is 8.86. The minimum absolute atomic E-state index is 0.0216. The van der Waals surface area contributed by atoms with Crippen LogP contribution in [0.1, 0.15) is 25.8 Å². The molecule has 0 fully saturated rings. The highest BCUT2D eigenvalue weighted by molar-refractivity contribution is 7.88. The number of nitrogen functional groups attached to an aromatic ring is 1. The van der Waals surface area contributed by atoms with E-state index in [1.165, 1.54) is 4.31 Å². The summed E-state index contributed by atoms with van der Waals surface area (Å²) in [5.41, 5.74) is 6.87. The molecular weight excluding hydrogens is 264 g/mol. The zero-order valence-corrected chi connectivity index (χ0v) is 12.2. The van der Waals surface area contributed by atoms with Gasteiger partial charge >= 0.3 is 0 Å². The van der Waals surface area contributed by atoms with Crippen molar-refractivity contribution in [1.82, 2.24) is 4.31 Å². The first-order valence-corrected chi connectivity index (χ1v) is 7.93. The summed E-state index contributed by atoms with van der Waals surface area (Å²) in [6.07, 6.45) is 0.432. The SMILES string of the molecule is CC(C)N(CCCO)S(=O)(=O)Cc1ccccc1N. The summed E-state index contributed by atoms with van der Waals surface area (Å²) < 4.78 is 26.2. The first kappa shape index (κ1) is 15.9. The number of hydrogen-bond acceptors (Lipinski definition) is 4. The fraction of sp³-hybridized carbons (Fsp3) is 0.538. The Kier molecular flexibility index (Phi) is 5.78. The van der Waals surface area contributed by atoms with Crippen LogP contribution < -0.4 is 5.73 Å². The summed E-state index contributed by atoms with van der Waals surface area (Å²) in [5.74, 6) is -0.108. The molecule has 0 aliphatic rings. The van der Waals surface area contributed by atoms with Gasteiger partial charge in [-0.1, -0.05) is 18.2 Å². The molecule has 0 aliphatic carbocycles. The van der Waals surface area contributed by atoms with Crippen LogP contribution >= 0.6 is 0 Å². The summed E-state index contributed by atoms with van der Waals surface area (Å²) in [6, 6.07) is 6.82. The van der Waals surface area contributed by atoms with Gasteiger partial charge in [-0.3, -0.25) is 0 Å². The van der Waals surface area contributed by atoms with Crippen molar-refractivity contribution in [2.24, 2.45) is 0 Å². The van der Waals surface area contributed by atoms with Crippen molar-refractivity contribution >= 4 is 15.7 Å². The average Bonchev–Trinajstić information content (AvgIpc) is 2.31. The summed E-state index contributed by atoms with van der Waals surface area (Å²) in [6.45, 7) is 3.95. The van der Waals surface area contributed by atoms with Crippen molar-refractivity contribution in [2.75, 3.05) is 18.9 Å². The Morgan fingerprint density at radius 1 is 1.32 bits per heavy atom. The molecule has 0 bridgehead atoms. The third-order valence-electron chi connectivity index (χ3n) is 2.86. The van der Waals surface area contributed by atoms with Crippen LogP contribution in [0.2, 0.25) is 0 Å². The number of rotatable bonds is 7. The van der Waals surface area contributed by atoms with E-state index in [-0.39, 0.29) is 18.4 Å². The summed E-state index contributed by atoms with van der Waals surface area (Å²) >= 11 is 0. The second kappa shape index (κ2) is 6.88. The van der Waals surface area contributed by atoms with Gasteiger partial charge in [0, 0.05) is 24.9 Å².